The molecule has 0 bridgehead atoms. The molecule has 0 amide bonds. The van der Waals surface area contributed by atoms with Gasteiger partial charge in [-0.15, -0.1) is 0 Å². The number of nitrogens with zero attached hydrogens (tertiary/aromatic N) is 1. The van der Waals surface area contributed by atoms with Crippen molar-refractivity contribution in [3.8, 4) is 5.75 Å². The number of hydrogen-bond donors (Lipinski definition) is 0. The van der Waals surface area contributed by atoms with Crippen molar-refractivity contribution in [2.45, 2.75) is 6.92 Å². The van der Waals surface area contributed by atoms with Crippen molar-refractivity contribution in [1.82, 2.24) is 4.98 Å². The molecule has 0 N–H and O–H groups in total. The number of carbonyl (C=O) groups excluding carboxylic acids is 1. The zero-order chi connectivity index (χ0) is 18.5. The van der Waals surface area contributed by atoms with Crippen LogP contribution >= 0.6 is 11.6 Å². The first-order valence-corrected chi connectivity index (χ1v) is 8.31. The maximum Gasteiger partial charge on any atom is 1.00 e. The number of hydrogen-bond acceptors (Lipinski definition) is 4. The second-order valence-corrected chi connectivity index (χ2v) is 5.98. The molecule has 1 heterocycles. The van der Waals surface area contributed by atoms with Gasteiger partial charge in [-0.05, 0) is 18.1 Å². The fourth-order valence-electron chi connectivity index (χ4n) is 2.61. The van der Waals surface area contributed by atoms with E-state index in [0.717, 1.165) is 0 Å². The minimum atomic E-state index is -1.42. The average Bonchev–Trinajstić information content (AvgIpc) is 2.62. The van der Waals surface area contributed by atoms with Gasteiger partial charge in [0.1, 0.15) is 16.9 Å². The quantitative estimate of drug-likeness (QED) is 0.271. The number of aryl methyl sites for hydroxylation is 1. The van der Waals surface area contributed by atoms with E-state index in [0.29, 0.717) is 22.4 Å². The van der Waals surface area contributed by atoms with Crippen LogP contribution in [0.5, 0.6) is 5.75 Å². The third-order valence-electron chi connectivity index (χ3n) is 3.65. The smallest absolute Gasteiger partial charge is 0.542 e. The Morgan fingerprint density at radius 3 is 1.93 bits per heavy atom. The van der Waals surface area contributed by atoms with Gasteiger partial charge in [-0.25, -0.2) is 4.98 Å². The largest absolute Gasteiger partial charge is 1.00 e. The summed E-state index contributed by atoms with van der Waals surface area (Å²) < 4.78 is 5.70. The van der Waals surface area contributed by atoms with Crippen molar-refractivity contribution in [2.24, 2.45) is 0 Å². The molecule has 2 aromatic carbocycles. The number of carbonyl (C=O) groups is 1. The molecular weight excluding hydrogens is 389 g/mol. The molecular formula is C21H15ClKNO3. The van der Waals surface area contributed by atoms with Gasteiger partial charge in [0.15, 0.2) is 5.76 Å². The van der Waals surface area contributed by atoms with Crippen LogP contribution in [-0.4, -0.2) is 11.0 Å². The first kappa shape index (κ1) is 21.8. The molecule has 27 heavy (non-hydrogen) atoms. The summed E-state index contributed by atoms with van der Waals surface area (Å²) in [5, 5.41) is 12.1. The van der Waals surface area contributed by atoms with Crippen LogP contribution in [0.4, 0.5) is 0 Å². The number of aliphatic carboxylic acids is 1. The molecule has 4 nitrogen and oxygen atoms in total. The molecule has 0 aliphatic heterocycles. The molecule has 1 aromatic heterocycles. The summed E-state index contributed by atoms with van der Waals surface area (Å²) >= 11 is 5.96. The van der Waals surface area contributed by atoms with E-state index in [1.54, 1.807) is 13.0 Å². The molecule has 0 atom stereocenters. The second kappa shape index (κ2) is 10.2. The fraction of sp³-hybridized carbons (Fsp3) is 0.0476. The van der Waals surface area contributed by atoms with E-state index in [4.69, 9.17) is 16.3 Å². The van der Waals surface area contributed by atoms with Gasteiger partial charge >= 0.3 is 51.4 Å². The summed E-state index contributed by atoms with van der Waals surface area (Å²) in [7, 11) is 0. The Balaban J connectivity index is 0.00000261. The van der Waals surface area contributed by atoms with Gasteiger partial charge in [0.05, 0.1) is 0 Å². The van der Waals surface area contributed by atoms with Crippen LogP contribution in [0.15, 0.2) is 78.6 Å². The van der Waals surface area contributed by atoms with E-state index in [1.807, 2.05) is 60.7 Å². The number of pyridine rings is 1. The van der Waals surface area contributed by atoms with Crippen molar-refractivity contribution in [1.29, 1.82) is 0 Å². The van der Waals surface area contributed by atoms with Crippen LogP contribution in [0.1, 0.15) is 16.8 Å². The Labute approximate surface area is 205 Å². The molecule has 130 valence electrons. The zero-order valence-electron chi connectivity index (χ0n) is 15.0. The Morgan fingerprint density at radius 2 is 1.48 bits per heavy atom. The molecule has 0 saturated heterocycles. The van der Waals surface area contributed by atoms with E-state index in [2.05, 4.69) is 4.98 Å². The normalized spacial score (nSPS) is 9.85. The first-order chi connectivity index (χ1) is 12.5. The number of ether oxygens (including phenoxy) is 1. The third kappa shape index (κ3) is 5.75. The minimum Gasteiger partial charge on any atom is -0.542 e. The van der Waals surface area contributed by atoms with E-state index in [1.165, 1.54) is 6.07 Å². The summed E-state index contributed by atoms with van der Waals surface area (Å²) in [6.07, 6.45) is 0. The molecule has 0 aliphatic carbocycles. The number of aromatic nitrogens is 1. The third-order valence-corrected chi connectivity index (χ3v) is 3.85. The molecule has 0 radical (unpaired) electrons. The summed E-state index contributed by atoms with van der Waals surface area (Å²) in [4.78, 5) is 16.0. The van der Waals surface area contributed by atoms with Gasteiger partial charge < -0.3 is 14.6 Å². The van der Waals surface area contributed by atoms with Crippen LogP contribution in [0.25, 0.3) is 5.57 Å². The summed E-state index contributed by atoms with van der Waals surface area (Å²) in [5.74, 6) is -1.42. The Bertz CT molecular complexity index is 898. The van der Waals surface area contributed by atoms with Gasteiger partial charge in [0, 0.05) is 23.4 Å². The number of carboxylic acids is 1. The van der Waals surface area contributed by atoms with E-state index >= 15 is 0 Å². The van der Waals surface area contributed by atoms with Gasteiger partial charge in [-0.1, -0.05) is 72.3 Å². The predicted molar refractivity (Wildman–Crippen MR) is 98.5 cm³/mol. The van der Waals surface area contributed by atoms with Crippen molar-refractivity contribution < 1.29 is 66.0 Å². The van der Waals surface area contributed by atoms with E-state index < -0.39 is 5.97 Å². The summed E-state index contributed by atoms with van der Waals surface area (Å²) in [5.41, 5.74) is 2.45. The number of halogens is 1. The average molecular weight is 404 g/mol. The Morgan fingerprint density at radius 1 is 0.963 bits per heavy atom. The molecule has 0 aliphatic rings. The van der Waals surface area contributed by atoms with Crippen LogP contribution in [0.3, 0.4) is 0 Å². The monoisotopic (exact) mass is 403 g/mol. The Kier molecular flexibility index (Phi) is 8.22. The first-order valence-electron chi connectivity index (χ1n) is 7.93. The molecule has 3 aromatic rings. The number of carboxylic acid groups (broad SMARTS) is 1. The van der Waals surface area contributed by atoms with Gasteiger partial charge in [0.25, 0.3) is 0 Å². The van der Waals surface area contributed by atoms with Gasteiger partial charge in [-0.2, -0.15) is 0 Å². The SMILES string of the molecule is Cc1cc(OC(C(=O)[O-])=C(c2ccccc2)c2ccccc2)cc(Cl)n1.[K+]. The van der Waals surface area contributed by atoms with Crippen molar-refractivity contribution in [3.63, 3.8) is 0 Å². The van der Waals surface area contributed by atoms with Crippen LogP contribution in [0, 0.1) is 6.92 Å². The van der Waals surface area contributed by atoms with E-state index in [-0.39, 0.29) is 68.0 Å². The van der Waals surface area contributed by atoms with Crippen LogP contribution in [0.2, 0.25) is 5.15 Å². The van der Waals surface area contributed by atoms with Crippen LogP contribution in [-0.2, 0) is 4.79 Å². The summed E-state index contributed by atoms with van der Waals surface area (Å²) in [6, 6.07) is 21.4. The molecule has 0 saturated carbocycles. The maximum atomic E-state index is 11.9. The minimum absolute atomic E-state index is 0. The molecule has 0 fully saturated rings. The van der Waals surface area contributed by atoms with Crippen molar-refractivity contribution in [3.05, 3.63) is 101 Å². The molecule has 0 unspecified atom stereocenters. The summed E-state index contributed by atoms with van der Waals surface area (Å²) in [6.45, 7) is 1.75. The number of rotatable bonds is 5. The van der Waals surface area contributed by atoms with Crippen molar-refractivity contribution >= 4 is 23.1 Å². The van der Waals surface area contributed by atoms with Crippen LogP contribution < -0.4 is 61.2 Å². The standard InChI is InChI=1S/C21H16ClNO3.K/c1-14-12-17(13-18(22)23-14)26-20(21(24)25)19(15-8-4-2-5-9-15)16-10-6-3-7-11-16;/h2-13H,1H3,(H,24,25);/q;+1/p-1. The fourth-order valence-corrected chi connectivity index (χ4v) is 2.85. The van der Waals surface area contributed by atoms with Gasteiger partial charge in [-0.3, -0.25) is 0 Å². The topological polar surface area (TPSA) is 62.2 Å². The molecule has 6 heteroatoms. The number of benzene rings is 2. The van der Waals surface area contributed by atoms with E-state index in [9.17, 15) is 9.90 Å². The second-order valence-electron chi connectivity index (χ2n) is 5.59. The maximum absolute atomic E-state index is 11.9. The predicted octanol–water partition coefficient (Wildman–Crippen LogP) is 0.636. The zero-order valence-corrected chi connectivity index (χ0v) is 18.9. The molecule has 3 rings (SSSR count). The molecule has 0 spiro atoms. The Hall–Kier alpha value is -1.47. The van der Waals surface area contributed by atoms with Crippen molar-refractivity contribution in [2.75, 3.05) is 0 Å². The van der Waals surface area contributed by atoms with Gasteiger partial charge in [0.2, 0.25) is 0 Å².